The number of fused-ring (bicyclic) bond motifs is 1. The van der Waals surface area contributed by atoms with Crippen LogP contribution in [0.5, 0.6) is 5.75 Å². The number of benzene rings is 1. The first-order chi connectivity index (χ1) is 12.6. The molecule has 0 atom stereocenters. The van der Waals surface area contributed by atoms with Gasteiger partial charge >= 0.3 is 5.97 Å². The average molecular weight is 344 g/mol. The summed E-state index contributed by atoms with van der Waals surface area (Å²) in [6, 6.07) is 13.6. The predicted molar refractivity (Wildman–Crippen MR) is 98.6 cm³/mol. The van der Waals surface area contributed by atoms with Crippen LogP contribution >= 0.6 is 0 Å². The number of nitrogens with zero attached hydrogens (tertiary/aromatic N) is 3. The number of aromatic amines is 1. The minimum Gasteiger partial charge on any atom is -0.425 e. The highest BCUT2D eigenvalue weighted by Gasteiger charge is 2.12. The van der Waals surface area contributed by atoms with Crippen molar-refractivity contribution in [3.63, 3.8) is 0 Å². The zero-order valence-electron chi connectivity index (χ0n) is 14.4. The van der Waals surface area contributed by atoms with Gasteiger partial charge in [-0.2, -0.15) is 5.10 Å². The number of esters is 1. The predicted octanol–water partition coefficient (Wildman–Crippen LogP) is 3.92. The van der Waals surface area contributed by atoms with E-state index in [-0.39, 0.29) is 5.97 Å². The molecule has 0 bridgehead atoms. The van der Waals surface area contributed by atoms with Gasteiger partial charge in [0.05, 0.1) is 29.3 Å². The summed E-state index contributed by atoms with van der Waals surface area (Å²) in [6.07, 6.45) is 3.33. The quantitative estimate of drug-likeness (QED) is 0.570. The van der Waals surface area contributed by atoms with Crippen molar-refractivity contribution in [3.8, 4) is 28.3 Å². The van der Waals surface area contributed by atoms with E-state index in [9.17, 15) is 4.79 Å². The van der Waals surface area contributed by atoms with E-state index in [0.29, 0.717) is 5.75 Å². The largest absolute Gasteiger partial charge is 0.425 e. The second-order valence-electron chi connectivity index (χ2n) is 6.00. The summed E-state index contributed by atoms with van der Waals surface area (Å²) >= 11 is 0. The summed E-state index contributed by atoms with van der Waals surface area (Å²) < 4.78 is 5.13. The lowest BCUT2D eigenvalue weighted by Gasteiger charge is -2.07. The summed E-state index contributed by atoms with van der Waals surface area (Å²) in [5.74, 6) is 0.0554. The number of aromatic nitrogens is 4. The number of rotatable bonds is 3. The Morgan fingerprint density at radius 1 is 1.12 bits per heavy atom. The zero-order chi connectivity index (χ0) is 18.1. The Morgan fingerprint density at radius 2 is 2.00 bits per heavy atom. The molecule has 3 heterocycles. The summed E-state index contributed by atoms with van der Waals surface area (Å²) in [5.41, 5.74) is 5.39. The Kier molecular flexibility index (Phi) is 3.93. The average Bonchev–Trinajstić information content (AvgIpc) is 3.10. The van der Waals surface area contributed by atoms with Crippen molar-refractivity contribution in [1.82, 2.24) is 20.2 Å². The number of nitrogens with one attached hydrogen (secondary N) is 1. The Hall–Kier alpha value is -3.54. The number of pyridine rings is 2. The minimum absolute atomic E-state index is 0.370. The van der Waals surface area contributed by atoms with E-state index in [0.717, 1.165) is 39.1 Å². The first-order valence-electron chi connectivity index (χ1n) is 8.16. The molecule has 1 aromatic carbocycles. The van der Waals surface area contributed by atoms with Crippen LogP contribution in [0.2, 0.25) is 0 Å². The molecule has 0 fully saturated rings. The Labute approximate surface area is 149 Å². The number of aryl methyl sites for hydroxylation is 1. The highest BCUT2D eigenvalue weighted by Crippen LogP contribution is 2.31. The van der Waals surface area contributed by atoms with Gasteiger partial charge in [0.2, 0.25) is 0 Å². The van der Waals surface area contributed by atoms with Crippen molar-refractivity contribution in [2.75, 3.05) is 0 Å². The lowest BCUT2D eigenvalue weighted by atomic mass is 10.0. The zero-order valence-corrected chi connectivity index (χ0v) is 14.4. The molecule has 0 radical (unpaired) electrons. The molecule has 0 aliphatic heterocycles. The monoisotopic (exact) mass is 344 g/mol. The van der Waals surface area contributed by atoms with E-state index in [4.69, 9.17) is 4.74 Å². The lowest BCUT2D eigenvalue weighted by Crippen LogP contribution is -2.01. The first kappa shape index (κ1) is 16.0. The fraction of sp³-hybridized carbons (Fsp3) is 0.100. The maximum absolute atomic E-state index is 11.2. The second-order valence-corrected chi connectivity index (χ2v) is 6.00. The minimum atomic E-state index is -0.370. The molecule has 0 saturated carbocycles. The maximum atomic E-state index is 11.2. The van der Waals surface area contributed by atoms with E-state index >= 15 is 0 Å². The van der Waals surface area contributed by atoms with Gasteiger partial charge in [-0.05, 0) is 42.8 Å². The summed E-state index contributed by atoms with van der Waals surface area (Å²) in [5, 5.41) is 8.11. The molecule has 0 unspecified atom stereocenters. The molecule has 6 nitrogen and oxygen atoms in total. The van der Waals surface area contributed by atoms with Crippen LogP contribution in [0.25, 0.3) is 33.4 Å². The molecule has 1 N–H and O–H groups in total. The normalized spacial score (nSPS) is 10.8. The summed E-state index contributed by atoms with van der Waals surface area (Å²) in [4.78, 5) is 20.1. The van der Waals surface area contributed by atoms with E-state index in [1.807, 2.05) is 43.3 Å². The number of ether oxygens (including phenoxy) is 1. The Morgan fingerprint density at radius 3 is 2.81 bits per heavy atom. The van der Waals surface area contributed by atoms with Gasteiger partial charge in [0.1, 0.15) is 5.75 Å². The third-order valence-electron chi connectivity index (χ3n) is 4.01. The third-order valence-corrected chi connectivity index (χ3v) is 4.01. The topological polar surface area (TPSA) is 80.8 Å². The van der Waals surface area contributed by atoms with E-state index in [2.05, 4.69) is 20.2 Å². The molecule has 0 aliphatic carbocycles. The summed E-state index contributed by atoms with van der Waals surface area (Å²) in [6.45, 7) is 3.32. The van der Waals surface area contributed by atoms with Crippen LogP contribution in [0.1, 0.15) is 12.6 Å². The van der Waals surface area contributed by atoms with Gasteiger partial charge in [0.25, 0.3) is 0 Å². The molecule has 0 spiro atoms. The summed E-state index contributed by atoms with van der Waals surface area (Å²) in [7, 11) is 0. The fourth-order valence-electron chi connectivity index (χ4n) is 2.88. The molecule has 4 aromatic rings. The molecule has 128 valence electrons. The third kappa shape index (κ3) is 3.04. The molecule has 4 rings (SSSR count). The molecule has 6 heteroatoms. The van der Waals surface area contributed by atoms with Crippen LogP contribution in [0.15, 0.2) is 54.9 Å². The van der Waals surface area contributed by atoms with Crippen molar-refractivity contribution in [3.05, 3.63) is 60.6 Å². The highest BCUT2D eigenvalue weighted by molar-refractivity contribution is 5.88. The van der Waals surface area contributed by atoms with Crippen molar-refractivity contribution in [2.24, 2.45) is 0 Å². The Balaban J connectivity index is 1.80. The number of carbonyl (C=O) groups excluding carboxylic acids is 1. The maximum Gasteiger partial charge on any atom is 0.308 e. The SMILES string of the molecule is CC(=O)Oc1cnc2ccc(-c3cn[nH]c3-c3cccc(C)n3)cc2c1. The van der Waals surface area contributed by atoms with Crippen LogP contribution in [-0.4, -0.2) is 26.1 Å². The van der Waals surface area contributed by atoms with Crippen LogP contribution in [0.3, 0.4) is 0 Å². The number of hydrogen-bond donors (Lipinski definition) is 1. The van der Waals surface area contributed by atoms with Gasteiger partial charge < -0.3 is 4.74 Å². The second kappa shape index (κ2) is 6.40. The van der Waals surface area contributed by atoms with E-state index in [1.54, 1.807) is 18.5 Å². The van der Waals surface area contributed by atoms with Crippen LogP contribution in [0, 0.1) is 6.92 Å². The Bertz CT molecular complexity index is 1120. The molecular formula is C20H16N4O2. The van der Waals surface area contributed by atoms with Gasteiger partial charge in [0, 0.05) is 23.6 Å². The van der Waals surface area contributed by atoms with Crippen LogP contribution < -0.4 is 4.74 Å². The highest BCUT2D eigenvalue weighted by atomic mass is 16.5. The lowest BCUT2D eigenvalue weighted by molar-refractivity contribution is -0.131. The molecule has 3 aromatic heterocycles. The molecule has 0 saturated heterocycles. The molecular weight excluding hydrogens is 328 g/mol. The fourth-order valence-corrected chi connectivity index (χ4v) is 2.88. The number of hydrogen-bond acceptors (Lipinski definition) is 5. The van der Waals surface area contributed by atoms with Gasteiger partial charge in [-0.25, -0.2) is 0 Å². The standard InChI is InChI=1S/C20H16N4O2/c1-12-4-3-5-19(23-12)20-17(11-22-24-20)14-6-7-18-15(8-14)9-16(10-21-18)26-13(2)25/h3-11H,1-2H3,(H,22,24). The van der Waals surface area contributed by atoms with E-state index < -0.39 is 0 Å². The van der Waals surface area contributed by atoms with Crippen molar-refractivity contribution < 1.29 is 9.53 Å². The van der Waals surface area contributed by atoms with Crippen molar-refractivity contribution >= 4 is 16.9 Å². The van der Waals surface area contributed by atoms with Crippen LogP contribution in [0.4, 0.5) is 0 Å². The van der Waals surface area contributed by atoms with Crippen molar-refractivity contribution in [1.29, 1.82) is 0 Å². The first-order valence-corrected chi connectivity index (χ1v) is 8.16. The number of carbonyl (C=O) groups is 1. The molecule has 26 heavy (non-hydrogen) atoms. The van der Waals surface area contributed by atoms with Crippen molar-refractivity contribution in [2.45, 2.75) is 13.8 Å². The van der Waals surface area contributed by atoms with Gasteiger partial charge in [0.15, 0.2) is 0 Å². The smallest absolute Gasteiger partial charge is 0.308 e. The molecule has 0 amide bonds. The van der Waals surface area contributed by atoms with Crippen LogP contribution in [-0.2, 0) is 4.79 Å². The van der Waals surface area contributed by atoms with Gasteiger partial charge in [-0.3, -0.25) is 19.9 Å². The van der Waals surface area contributed by atoms with Gasteiger partial charge in [-0.15, -0.1) is 0 Å². The number of H-pyrrole nitrogens is 1. The van der Waals surface area contributed by atoms with E-state index in [1.165, 1.54) is 6.92 Å². The molecule has 0 aliphatic rings. The van der Waals surface area contributed by atoms with Gasteiger partial charge in [-0.1, -0.05) is 12.1 Å².